The lowest BCUT2D eigenvalue weighted by Crippen LogP contribution is -2.36. The van der Waals surface area contributed by atoms with Crippen molar-refractivity contribution in [2.45, 2.75) is 37.8 Å². The van der Waals surface area contributed by atoms with Gasteiger partial charge in [-0.2, -0.15) is 0 Å². The van der Waals surface area contributed by atoms with Crippen LogP contribution in [0.15, 0.2) is 17.4 Å². The lowest BCUT2D eigenvalue weighted by Gasteiger charge is -2.31. The summed E-state index contributed by atoms with van der Waals surface area (Å²) in [6.45, 7) is 5.23. The van der Waals surface area contributed by atoms with Gasteiger partial charge in [0, 0.05) is 24.5 Å². The molecular formula is C12H20ClN3S. The van der Waals surface area contributed by atoms with Gasteiger partial charge >= 0.3 is 0 Å². The molecule has 0 N–H and O–H groups in total. The summed E-state index contributed by atoms with van der Waals surface area (Å²) < 4.78 is 0. The van der Waals surface area contributed by atoms with Crippen molar-refractivity contribution in [2.24, 2.45) is 0 Å². The fourth-order valence-electron chi connectivity index (χ4n) is 1.90. The smallest absolute Gasteiger partial charge is 0.133 e. The molecule has 1 aromatic heterocycles. The highest BCUT2D eigenvalue weighted by atomic mass is 35.5. The van der Waals surface area contributed by atoms with E-state index in [2.05, 4.69) is 28.7 Å². The minimum absolute atomic E-state index is 0.498. The Balaban J connectivity index is 2.94. The molecule has 0 saturated heterocycles. The fourth-order valence-corrected chi connectivity index (χ4v) is 2.46. The average molecular weight is 274 g/mol. The zero-order valence-electron chi connectivity index (χ0n) is 10.7. The first-order valence-corrected chi connectivity index (χ1v) is 7.71. The molecule has 0 radical (unpaired) electrons. The van der Waals surface area contributed by atoms with Crippen LogP contribution in [0, 0.1) is 0 Å². The summed E-state index contributed by atoms with van der Waals surface area (Å²) in [6, 6.07) is 2.54. The van der Waals surface area contributed by atoms with Gasteiger partial charge in [-0.05, 0) is 19.1 Å². The normalized spacial score (nSPS) is 10.9. The van der Waals surface area contributed by atoms with Gasteiger partial charge in [-0.1, -0.05) is 13.8 Å². The van der Waals surface area contributed by atoms with E-state index in [1.807, 2.05) is 12.3 Å². The standard InChI is InChI=1S/C12H20ClN3S/c1-4-10(5-2)16(7-6-13)11-8-12(17-3)15-9-14-11/h8-10H,4-7H2,1-3H3. The fraction of sp³-hybridized carbons (Fsp3) is 0.667. The molecule has 0 aliphatic heterocycles. The third kappa shape index (κ3) is 4.03. The summed E-state index contributed by atoms with van der Waals surface area (Å²) in [5, 5.41) is 1.00. The van der Waals surface area contributed by atoms with Crippen molar-refractivity contribution in [3.8, 4) is 0 Å². The number of hydrogen-bond acceptors (Lipinski definition) is 4. The lowest BCUT2D eigenvalue weighted by molar-refractivity contribution is 0.561. The Morgan fingerprint density at radius 2 is 2.06 bits per heavy atom. The Morgan fingerprint density at radius 3 is 2.59 bits per heavy atom. The Kier molecular flexibility index (Phi) is 6.66. The minimum atomic E-state index is 0.498. The lowest BCUT2D eigenvalue weighted by atomic mass is 10.1. The van der Waals surface area contributed by atoms with Crippen molar-refractivity contribution < 1.29 is 0 Å². The van der Waals surface area contributed by atoms with Gasteiger partial charge in [-0.15, -0.1) is 23.4 Å². The van der Waals surface area contributed by atoms with Crippen LogP contribution in [0.4, 0.5) is 5.82 Å². The molecular weight excluding hydrogens is 254 g/mol. The third-order valence-corrected chi connectivity index (χ3v) is 3.65. The van der Waals surface area contributed by atoms with Crippen molar-refractivity contribution in [2.75, 3.05) is 23.6 Å². The Bertz CT molecular complexity index is 331. The molecule has 1 rings (SSSR count). The molecule has 5 heteroatoms. The molecule has 0 aliphatic rings. The zero-order chi connectivity index (χ0) is 12.7. The average Bonchev–Trinajstić information content (AvgIpc) is 2.39. The number of rotatable bonds is 7. The number of nitrogens with zero attached hydrogens (tertiary/aromatic N) is 3. The molecule has 0 saturated carbocycles. The predicted octanol–water partition coefficient (Wildman–Crippen LogP) is 3.43. The number of halogens is 1. The van der Waals surface area contributed by atoms with E-state index in [1.165, 1.54) is 0 Å². The van der Waals surface area contributed by atoms with Crippen LogP contribution in [0.3, 0.4) is 0 Å². The summed E-state index contributed by atoms with van der Waals surface area (Å²) in [5.41, 5.74) is 0. The van der Waals surface area contributed by atoms with E-state index in [-0.39, 0.29) is 0 Å². The maximum atomic E-state index is 5.89. The SMILES string of the molecule is CCC(CC)N(CCCl)c1cc(SC)ncn1. The summed E-state index contributed by atoms with van der Waals surface area (Å²) in [7, 11) is 0. The van der Waals surface area contributed by atoms with Crippen LogP contribution in [0.2, 0.25) is 0 Å². The van der Waals surface area contributed by atoms with E-state index < -0.39 is 0 Å². The Morgan fingerprint density at radius 1 is 1.35 bits per heavy atom. The van der Waals surface area contributed by atoms with Gasteiger partial charge in [0.2, 0.25) is 0 Å². The summed E-state index contributed by atoms with van der Waals surface area (Å²) in [5.74, 6) is 1.61. The van der Waals surface area contributed by atoms with Crippen molar-refractivity contribution in [1.29, 1.82) is 0 Å². The molecule has 1 aromatic rings. The molecule has 0 aromatic carbocycles. The van der Waals surface area contributed by atoms with Crippen molar-refractivity contribution in [3.63, 3.8) is 0 Å². The Labute approximate surface area is 113 Å². The van der Waals surface area contributed by atoms with Crippen molar-refractivity contribution in [3.05, 3.63) is 12.4 Å². The molecule has 1 heterocycles. The van der Waals surface area contributed by atoms with Gasteiger partial charge in [0.25, 0.3) is 0 Å². The van der Waals surface area contributed by atoms with E-state index in [4.69, 9.17) is 11.6 Å². The molecule has 0 unspecified atom stereocenters. The van der Waals surface area contributed by atoms with Gasteiger partial charge in [0.1, 0.15) is 17.2 Å². The van der Waals surface area contributed by atoms with Crippen LogP contribution in [-0.4, -0.2) is 34.7 Å². The quantitative estimate of drug-likeness (QED) is 0.432. The van der Waals surface area contributed by atoms with Crippen LogP contribution in [0.25, 0.3) is 0 Å². The summed E-state index contributed by atoms with van der Waals surface area (Å²) in [6.07, 6.45) is 5.86. The van der Waals surface area contributed by atoms with E-state index in [0.29, 0.717) is 11.9 Å². The second kappa shape index (κ2) is 7.77. The van der Waals surface area contributed by atoms with Gasteiger partial charge in [0.15, 0.2) is 0 Å². The van der Waals surface area contributed by atoms with Crippen LogP contribution in [0.5, 0.6) is 0 Å². The first-order valence-electron chi connectivity index (χ1n) is 5.95. The second-order valence-electron chi connectivity index (χ2n) is 3.77. The second-order valence-corrected chi connectivity index (χ2v) is 4.98. The predicted molar refractivity (Wildman–Crippen MR) is 76.2 cm³/mol. The summed E-state index contributed by atoms with van der Waals surface area (Å²) in [4.78, 5) is 10.9. The van der Waals surface area contributed by atoms with Crippen LogP contribution < -0.4 is 4.90 Å². The van der Waals surface area contributed by atoms with Gasteiger partial charge in [0.05, 0.1) is 0 Å². The van der Waals surface area contributed by atoms with Crippen LogP contribution in [0.1, 0.15) is 26.7 Å². The first-order chi connectivity index (χ1) is 8.26. The number of aromatic nitrogens is 2. The van der Waals surface area contributed by atoms with Gasteiger partial charge < -0.3 is 4.90 Å². The molecule has 17 heavy (non-hydrogen) atoms. The van der Waals surface area contributed by atoms with Crippen molar-refractivity contribution in [1.82, 2.24) is 9.97 Å². The van der Waals surface area contributed by atoms with Gasteiger partial charge in [-0.25, -0.2) is 9.97 Å². The highest BCUT2D eigenvalue weighted by Crippen LogP contribution is 2.21. The topological polar surface area (TPSA) is 29.0 Å². The molecule has 0 atom stereocenters. The first kappa shape index (κ1) is 14.6. The monoisotopic (exact) mass is 273 g/mol. The van der Waals surface area contributed by atoms with E-state index >= 15 is 0 Å². The van der Waals surface area contributed by atoms with E-state index in [9.17, 15) is 0 Å². The van der Waals surface area contributed by atoms with E-state index in [1.54, 1.807) is 18.1 Å². The minimum Gasteiger partial charge on any atom is -0.352 e. The van der Waals surface area contributed by atoms with Crippen molar-refractivity contribution >= 4 is 29.2 Å². The largest absolute Gasteiger partial charge is 0.352 e. The number of anilines is 1. The van der Waals surface area contributed by atoms with E-state index in [0.717, 1.165) is 30.2 Å². The molecule has 0 aliphatic carbocycles. The maximum absolute atomic E-state index is 5.89. The van der Waals surface area contributed by atoms with Crippen LogP contribution >= 0.6 is 23.4 Å². The third-order valence-electron chi connectivity index (χ3n) is 2.84. The molecule has 3 nitrogen and oxygen atoms in total. The Hall–Kier alpha value is -0.480. The number of hydrogen-bond donors (Lipinski definition) is 0. The molecule has 96 valence electrons. The molecule has 0 spiro atoms. The highest BCUT2D eigenvalue weighted by Gasteiger charge is 2.16. The van der Waals surface area contributed by atoms with Gasteiger partial charge in [-0.3, -0.25) is 0 Å². The summed E-state index contributed by atoms with van der Waals surface area (Å²) >= 11 is 7.52. The molecule has 0 amide bonds. The molecule has 0 bridgehead atoms. The van der Waals surface area contributed by atoms with Crippen LogP contribution in [-0.2, 0) is 0 Å². The molecule has 0 fully saturated rings. The highest BCUT2D eigenvalue weighted by molar-refractivity contribution is 7.98. The number of alkyl halides is 1. The zero-order valence-corrected chi connectivity index (χ0v) is 12.3. The number of thioether (sulfide) groups is 1. The maximum Gasteiger partial charge on any atom is 0.133 e.